The molecular weight excluding hydrogens is 394 g/mol. The monoisotopic (exact) mass is 419 g/mol. The maximum absolute atomic E-state index is 12.9. The van der Waals surface area contributed by atoms with Gasteiger partial charge < -0.3 is 19.5 Å². The van der Waals surface area contributed by atoms with Crippen molar-refractivity contribution in [2.75, 3.05) is 19.5 Å². The first-order valence-corrected chi connectivity index (χ1v) is 10.1. The molecule has 2 aromatic rings. The van der Waals surface area contributed by atoms with Gasteiger partial charge in [-0.05, 0) is 37.1 Å². The molecule has 6 nitrogen and oxygen atoms in total. The highest BCUT2D eigenvalue weighted by atomic mass is 16.6. The first-order chi connectivity index (χ1) is 15.0. The van der Waals surface area contributed by atoms with Gasteiger partial charge in [-0.3, -0.25) is 0 Å². The zero-order valence-electron chi connectivity index (χ0n) is 17.8. The van der Waals surface area contributed by atoms with E-state index in [4.69, 9.17) is 14.2 Å². The highest BCUT2D eigenvalue weighted by molar-refractivity contribution is 6.05. The van der Waals surface area contributed by atoms with Crippen molar-refractivity contribution in [1.29, 1.82) is 0 Å². The van der Waals surface area contributed by atoms with Crippen LogP contribution in [0.5, 0.6) is 0 Å². The number of nitrogens with one attached hydrogen (secondary N) is 1. The number of esters is 2. The number of para-hydroxylation sites is 1. The van der Waals surface area contributed by atoms with Crippen LogP contribution in [-0.4, -0.2) is 43.9 Å². The number of benzene rings is 2. The van der Waals surface area contributed by atoms with E-state index < -0.39 is 23.6 Å². The van der Waals surface area contributed by atoms with Crippen molar-refractivity contribution in [3.05, 3.63) is 89.0 Å². The number of carbonyl (C=O) groups excluding carboxylic acids is 2. The Balaban J connectivity index is 1.81. The average Bonchev–Trinajstić information content (AvgIpc) is 3.38. The minimum atomic E-state index is -1.16. The molecular formula is C25H25NO5. The molecule has 2 bridgehead atoms. The first kappa shape index (κ1) is 20.9. The average molecular weight is 419 g/mol. The SMILES string of the molecule is COC(=O)C1=C(C(=O)OC)C2([C@@H](Cc3ccc(C)cc3)Nc3ccccc3)C=CC1O2. The summed E-state index contributed by atoms with van der Waals surface area (Å²) >= 11 is 0. The zero-order valence-corrected chi connectivity index (χ0v) is 17.8. The molecule has 0 aromatic heterocycles. The van der Waals surface area contributed by atoms with Gasteiger partial charge in [-0.15, -0.1) is 0 Å². The van der Waals surface area contributed by atoms with Gasteiger partial charge in [0.1, 0.15) is 11.7 Å². The van der Waals surface area contributed by atoms with Crippen molar-refractivity contribution in [2.45, 2.75) is 31.1 Å². The molecule has 2 unspecified atom stereocenters. The molecule has 2 aliphatic rings. The van der Waals surface area contributed by atoms with Crippen LogP contribution in [0, 0.1) is 6.92 Å². The Morgan fingerprint density at radius 1 is 1.03 bits per heavy atom. The first-order valence-electron chi connectivity index (χ1n) is 10.1. The number of ether oxygens (including phenoxy) is 3. The Morgan fingerprint density at radius 2 is 1.71 bits per heavy atom. The van der Waals surface area contributed by atoms with Crippen LogP contribution in [0.3, 0.4) is 0 Å². The lowest BCUT2D eigenvalue weighted by atomic mass is 9.79. The summed E-state index contributed by atoms with van der Waals surface area (Å²) < 4.78 is 16.3. The summed E-state index contributed by atoms with van der Waals surface area (Å²) in [6, 6.07) is 17.5. The Morgan fingerprint density at radius 3 is 2.35 bits per heavy atom. The normalized spacial score (nSPS) is 22.4. The van der Waals surface area contributed by atoms with Crippen LogP contribution in [-0.2, 0) is 30.2 Å². The van der Waals surface area contributed by atoms with Gasteiger partial charge in [0.05, 0.1) is 31.4 Å². The third-order valence-electron chi connectivity index (χ3n) is 5.77. The molecule has 0 saturated carbocycles. The molecule has 0 saturated heterocycles. The standard InChI is InChI=1S/C25H25NO5/c1-16-9-11-17(12-10-16)15-20(26-18-7-5-4-6-8-18)25-14-13-19(31-25)21(23(27)29-2)22(25)24(28)30-3/h4-14,19-20,26H,15H2,1-3H3/t19?,20-,25?/m1/s1. The third-order valence-corrected chi connectivity index (χ3v) is 5.77. The number of fused-ring (bicyclic) bond motifs is 2. The molecule has 2 aliphatic heterocycles. The molecule has 0 spiro atoms. The predicted molar refractivity (Wildman–Crippen MR) is 117 cm³/mol. The lowest BCUT2D eigenvalue weighted by Crippen LogP contribution is -2.49. The topological polar surface area (TPSA) is 73.9 Å². The molecule has 160 valence electrons. The molecule has 2 aromatic carbocycles. The fourth-order valence-corrected chi connectivity index (χ4v) is 4.25. The summed E-state index contributed by atoms with van der Waals surface area (Å²) in [7, 11) is 2.59. The summed E-state index contributed by atoms with van der Waals surface area (Å²) in [6.45, 7) is 2.04. The van der Waals surface area contributed by atoms with Crippen LogP contribution in [0.15, 0.2) is 77.9 Å². The summed E-state index contributed by atoms with van der Waals surface area (Å²) in [5.74, 6) is -1.19. The lowest BCUT2D eigenvalue weighted by molar-refractivity contribution is -0.139. The van der Waals surface area contributed by atoms with Gasteiger partial charge in [-0.1, -0.05) is 54.1 Å². The van der Waals surface area contributed by atoms with Crippen molar-refractivity contribution in [2.24, 2.45) is 0 Å². The molecule has 2 heterocycles. The fourth-order valence-electron chi connectivity index (χ4n) is 4.25. The van der Waals surface area contributed by atoms with E-state index in [1.807, 2.05) is 55.5 Å². The van der Waals surface area contributed by atoms with E-state index >= 15 is 0 Å². The highest BCUT2D eigenvalue weighted by Gasteiger charge is 2.58. The molecule has 0 aliphatic carbocycles. The predicted octanol–water partition coefficient (Wildman–Crippen LogP) is 3.37. The van der Waals surface area contributed by atoms with Crippen LogP contribution in [0.1, 0.15) is 11.1 Å². The maximum atomic E-state index is 12.9. The summed E-state index contributed by atoms with van der Waals surface area (Å²) in [6.07, 6.45) is 3.56. The van der Waals surface area contributed by atoms with Gasteiger partial charge in [0.25, 0.3) is 0 Å². The van der Waals surface area contributed by atoms with Crippen molar-refractivity contribution in [1.82, 2.24) is 0 Å². The fraction of sp³-hybridized carbons (Fsp3) is 0.280. The van der Waals surface area contributed by atoms with E-state index in [0.717, 1.165) is 16.8 Å². The van der Waals surface area contributed by atoms with Crippen molar-refractivity contribution < 1.29 is 23.8 Å². The second-order valence-corrected chi connectivity index (χ2v) is 7.72. The van der Waals surface area contributed by atoms with Crippen LogP contribution in [0.25, 0.3) is 0 Å². The number of rotatable bonds is 7. The second kappa shape index (κ2) is 8.40. The molecule has 0 radical (unpaired) electrons. The quantitative estimate of drug-likeness (QED) is 0.548. The number of anilines is 1. The largest absolute Gasteiger partial charge is 0.466 e. The maximum Gasteiger partial charge on any atom is 0.337 e. The zero-order chi connectivity index (χ0) is 22.0. The van der Waals surface area contributed by atoms with Gasteiger partial charge in [-0.2, -0.15) is 0 Å². The van der Waals surface area contributed by atoms with Crippen LogP contribution in [0.4, 0.5) is 5.69 Å². The molecule has 1 N–H and O–H groups in total. The van der Waals surface area contributed by atoms with Crippen molar-refractivity contribution in [3.8, 4) is 0 Å². The molecule has 4 rings (SSSR count). The van der Waals surface area contributed by atoms with Gasteiger partial charge in [0.15, 0.2) is 0 Å². The van der Waals surface area contributed by atoms with Crippen LogP contribution in [0.2, 0.25) is 0 Å². The summed E-state index contributed by atoms with van der Waals surface area (Å²) in [4.78, 5) is 25.4. The Kier molecular flexibility index (Phi) is 5.65. The second-order valence-electron chi connectivity index (χ2n) is 7.72. The van der Waals surface area contributed by atoms with Gasteiger partial charge in [-0.25, -0.2) is 9.59 Å². The number of hydrogen-bond acceptors (Lipinski definition) is 6. The van der Waals surface area contributed by atoms with E-state index in [-0.39, 0.29) is 17.2 Å². The van der Waals surface area contributed by atoms with Gasteiger partial charge in [0, 0.05) is 5.69 Å². The van der Waals surface area contributed by atoms with Gasteiger partial charge >= 0.3 is 11.9 Å². The Bertz CT molecular complexity index is 1040. The van der Waals surface area contributed by atoms with Gasteiger partial charge in [0.2, 0.25) is 0 Å². The smallest absolute Gasteiger partial charge is 0.337 e. The lowest BCUT2D eigenvalue weighted by Gasteiger charge is -2.36. The van der Waals surface area contributed by atoms with Crippen molar-refractivity contribution >= 4 is 17.6 Å². The van der Waals surface area contributed by atoms with E-state index in [0.29, 0.717) is 6.42 Å². The molecule has 3 atom stereocenters. The van der Waals surface area contributed by atoms with Crippen LogP contribution >= 0.6 is 0 Å². The Labute approximate surface area is 181 Å². The summed E-state index contributed by atoms with van der Waals surface area (Å²) in [5, 5.41) is 3.52. The highest BCUT2D eigenvalue weighted by Crippen LogP contribution is 2.47. The molecule has 6 heteroatoms. The molecule has 31 heavy (non-hydrogen) atoms. The number of carbonyl (C=O) groups is 2. The van der Waals surface area contributed by atoms with Crippen LogP contribution < -0.4 is 5.32 Å². The molecule has 0 fully saturated rings. The van der Waals surface area contributed by atoms with Crippen molar-refractivity contribution in [3.63, 3.8) is 0 Å². The number of hydrogen-bond donors (Lipinski definition) is 1. The van der Waals surface area contributed by atoms with E-state index in [1.54, 1.807) is 6.08 Å². The Hall–Kier alpha value is -3.38. The summed E-state index contributed by atoms with van der Waals surface area (Å²) in [5.41, 5.74) is 2.34. The molecule has 0 amide bonds. The van der Waals surface area contributed by atoms with E-state index in [2.05, 4.69) is 17.4 Å². The van der Waals surface area contributed by atoms with E-state index in [9.17, 15) is 9.59 Å². The number of methoxy groups -OCH3 is 2. The number of aryl methyl sites for hydroxylation is 1. The third kappa shape index (κ3) is 3.75. The minimum Gasteiger partial charge on any atom is -0.466 e. The minimum absolute atomic E-state index is 0.190. The van der Waals surface area contributed by atoms with E-state index in [1.165, 1.54) is 14.2 Å².